The van der Waals surface area contributed by atoms with Crippen molar-refractivity contribution in [3.8, 4) is 5.75 Å². The smallest absolute Gasteiger partial charge is 0.232 e. The lowest BCUT2D eigenvalue weighted by molar-refractivity contribution is 0.186. The second-order valence-corrected chi connectivity index (χ2v) is 9.59. The summed E-state index contributed by atoms with van der Waals surface area (Å²) in [4.78, 5) is 4.21. The number of aliphatic hydroxyl groups is 1. The predicted molar refractivity (Wildman–Crippen MR) is 124 cm³/mol. The zero-order chi connectivity index (χ0) is 22.7. The third-order valence-electron chi connectivity index (χ3n) is 4.03. The number of sulfonamides is 1. The molecule has 1 atom stereocenters. The number of aliphatic hydroxyl groups excluding tert-OH is 1. The lowest BCUT2D eigenvalue weighted by atomic mass is 10.1. The summed E-state index contributed by atoms with van der Waals surface area (Å²) in [5, 5.41) is 16.4. The largest absolute Gasteiger partial charge is 0.497 e. The van der Waals surface area contributed by atoms with Crippen molar-refractivity contribution in [3.63, 3.8) is 0 Å². The van der Waals surface area contributed by atoms with Gasteiger partial charge in [0.2, 0.25) is 16.0 Å². The van der Waals surface area contributed by atoms with E-state index in [9.17, 15) is 13.5 Å². The predicted octanol–water partition coefficient (Wildman–Crippen LogP) is 1.47. The van der Waals surface area contributed by atoms with Crippen LogP contribution in [0, 0.1) is 0 Å². The quantitative estimate of drug-likeness (QED) is 0.209. The number of hydrogen-bond donors (Lipinski definition) is 4. The van der Waals surface area contributed by atoms with Crippen LogP contribution in [0.2, 0.25) is 0 Å². The average Bonchev–Trinajstić information content (AvgIpc) is 3.18. The van der Waals surface area contributed by atoms with Crippen LogP contribution in [-0.4, -0.2) is 58.7 Å². The first-order valence-electron chi connectivity index (χ1n) is 9.68. The van der Waals surface area contributed by atoms with Crippen molar-refractivity contribution in [3.05, 3.63) is 53.5 Å². The van der Waals surface area contributed by atoms with Gasteiger partial charge in [0.1, 0.15) is 17.3 Å². The van der Waals surface area contributed by atoms with E-state index in [4.69, 9.17) is 9.15 Å². The van der Waals surface area contributed by atoms with Gasteiger partial charge in [0.25, 0.3) is 0 Å². The Morgan fingerprint density at radius 1 is 1.29 bits per heavy atom. The zero-order valence-electron chi connectivity index (χ0n) is 17.9. The van der Waals surface area contributed by atoms with Gasteiger partial charge in [-0.3, -0.25) is 4.72 Å². The molecule has 4 N–H and O–H groups in total. The summed E-state index contributed by atoms with van der Waals surface area (Å²) in [6.45, 7) is 1.17. The highest BCUT2D eigenvalue weighted by atomic mass is 32.2. The summed E-state index contributed by atoms with van der Waals surface area (Å²) in [5.41, 5.74) is 0.633. The molecule has 31 heavy (non-hydrogen) atoms. The van der Waals surface area contributed by atoms with E-state index in [0.717, 1.165) is 17.8 Å². The maximum atomic E-state index is 11.6. The van der Waals surface area contributed by atoms with Gasteiger partial charge in [-0.1, -0.05) is 12.1 Å². The molecule has 0 aliphatic rings. The van der Waals surface area contributed by atoms with Gasteiger partial charge in [0, 0.05) is 12.3 Å². The normalized spacial score (nSPS) is 13.1. The molecule has 0 saturated carbocycles. The molecule has 1 aromatic carbocycles. The van der Waals surface area contributed by atoms with Crippen LogP contribution in [0.4, 0.5) is 0 Å². The maximum Gasteiger partial charge on any atom is 0.232 e. The standard InChI is InChI=1S/C20H30N4O5S2/c1-21-12-17-7-8-18(29-17)14-30-10-9-22-20(24-31(3,26)27)23-13-19(25)15-5-4-6-16(11-15)28-2/h4-8,11,19,21,25H,9-10,12-14H2,1-3H3,(H2,22,23,24). The molecule has 2 rings (SSSR count). The van der Waals surface area contributed by atoms with E-state index < -0.39 is 16.1 Å². The Balaban J connectivity index is 1.85. The fourth-order valence-corrected chi connectivity index (χ4v) is 3.85. The molecule has 9 nitrogen and oxygen atoms in total. The van der Waals surface area contributed by atoms with Crippen molar-refractivity contribution in [2.75, 3.05) is 39.3 Å². The highest BCUT2D eigenvalue weighted by Crippen LogP contribution is 2.19. The first-order valence-corrected chi connectivity index (χ1v) is 12.7. The van der Waals surface area contributed by atoms with E-state index in [1.54, 1.807) is 43.1 Å². The zero-order valence-corrected chi connectivity index (χ0v) is 19.6. The number of benzene rings is 1. The Morgan fingerprint density at radius 2 is 2.06 bits per heavy atom. The highest BCUT2D eigenvalue weighted by molar-refractivity contribution is 7.98. The van der Waals surface area contributed by atoms with E-state index in [-0.39, 0.29) is 12.5 Å². The van der Waals surface area contributed by atoms with Gasteiger partial charge in [-0.15, -0.1) is 0 Å². The van der Waals surface area contributed by atoms with Gasteiger partial charge < -0.3 is 24.9 Å². The number of nitrogens with one attached hydrogen (secondary N) is 3. The second-order valence-electron chi connectivity index (χ2n) is 6.73. The molecule has 0 radical (unpaired) electrons. The van der Waals surface area contributed by atoms with Crippen LogP contribution in [-0.2, 0) is 22.3 Å². The Labute approximate surface area is 187 Å². The van der Waals surface area contributed by atoms with Crippen LogP contribution < -0.4 is 20.1 Å². The van der Waals surface area contributed by atoms with Crippen molar-refractivity contribution in [2.45, 2.75) is 18.4 Å². The number of nitrogens with zero attached hydrogens (tertiary/aromatic N) is 1. The van der Waals surface area contributed by atoms with Crippen molar-refractivity contribution in [1.82, 2.24) is 15.4 Å². The highest BCUT2D eigenvalue weighted by Gasteiger charge is 2.11. The average molecular weight is 471 g/mol. The van der Waals surface area contributed by atoms with Crippen LogP contribution in [0.3, 0.4) is 0 Å². The monoisotopic (exact) mass is 470 g/mol. The summed E-state index contributed by atoms with van der Waals surface area (Å²) in [5.74, 6) is 3.92. The number of guanidine groups is 1. The number of hydrogen-bond acceptors (Lipinski definition) is 8. The molecule has 0 fully saturated rings. The first-order chi connectivity index (χ1) is 14.8. The lowest BCUT2D eigenvalue weighted by Crippen LogP contribution is -2.41. The molecule has 0 saturated heterocycles. The fourth-order valence-electron chi connectivity index (χ4n) is 2.62. The minimum Gasteiger partial charge on any atom is -0.497 e. The minimum absolute atomic E-state index is 0.00813. The summed E-state index contributed by atoms with van der Waals surface area (Å²) >= 11 is 1.65. The molecule has 1 unspecified atom stereocenters. The summed E-state index contributed by atoms with van der Waals surface area (Å²) in [6.07, 6.45) is 0.158. The molecule has 0 aliphatic heterocycles. The van der Waals surface area contributed by atoms with E-state index in [1.807, 2.05) is 19.2 Å². The van der Waals surface area contributed by atoms with Crippen LogP contribution in [0.1, 0.15) is 23.2 Å². The molecule has 0 aliphatic carbocycles. The van der Waals surface area contributed by atoms with Gasteiger partial charge in [0.15, 0.2) is 0 Å². The van der Waals surface area contributed by atoms with E-state index in [0.29, 0.717) is 35.9 Å². The molecule has 11 heteroatoms. The molecule has 0 bridgehead atoms. The lowest BCUT2D eigenvalue weighted by Gasteiger charge is -2.13. The third kappa shape index (κ3) is 9.64. The van der Waals surface area contributed by atoms with Crippen molar-refractivity contribution in [1.29, 1.82) is 0 Å². The summed E-state index contributed by atoms with van der Waals surface area (Å²) in [7, 11) is -0.0960. The Kier molecular flexibility index (Phi) is 10.2. The third-order valence-corrected chi connectivity index (χ3v) is 5.58. The van der Waals surface area contributed by atoms with E-state index in [2.05, 4.69) is 20.3 Å². The van der Waals surface area contributed by atoms with Crippen LogP contribution in [0.25, 0.3) is 0 Å². The molecule has 1 aromatic heterocycles. The van der Waals surface area contributed by atoms with Gasteiger partial charge in [0.05, 0.1) is 38.3 Å². The van der Waals surface area contributed by atoms with Crippen molar-refractivity contribution in [2.24, 2.45) is 4.99 Å². The van der Waals surface area contributed by atoms with Gasteiger partial charge in [-0.25, -0.2) is 13.4 Å². The van der Waals surface area contributed by atoms with Crippen LogP contribution in [0.5, 0.6) is 5.75 Å². The van der Waals surface area contributed by atoms with Crippen molar-refractivity contribution < 1.29 is 22.7 Å². The molecule has 2 aromatic rings. The molecular weight excluding hydrogens is 440 g/mol. The SMILES string of the molecule is CNCc1ccc(CSCCNC(=NCC(O)c2cccc(OC)c2)NS(C)(=O)=O)o1. The number of aliphatic imine (C=N–C) groups is 1. The van der Waals surface area contributed by atoms with Crippen LogP contribution >= 0.6 is 11.8 Å². The van der Waals surface area contributed by atoms with Gasteiger partial charge >= 0.3 is 0 Å². The number of thioether (sulfide) groups is 1. The minimum atomic E-state index is -3.51. The Hall–Kier alpha value is -2.21. The van der Waals surface area contributed by atoms with Gasteiger partial charge in [-0.2, -0.15) is 11.8 Å². The number of furan rings is 1. The van der Waals surface area contributed by atoms with Gasteiger partial charge in [-0.05, 0) is 36.9 Å². The van der Waals surface area contributed by atoms with E-state index >= 15 is 0 Å². The number of ether oxygens (including phenoxy) is 1. The first kappa shape index (κ1) is 25.1. The van der Waals surface area contributed by atoms with Crippen LogP contribution in [0.15, 0.2) is 45.8 Å². The molecular formula is C20H30N4O5S2. The number of rotatable bonds is 12. The topological polar surface area (TPSA) is 125 Å². The fraction of sp³-hybridized carbons (Fsp3) is 0.450. The van der Waals surface area contributed by atoms with Crippen molar-refractivity contribution >= 4 is 27.7 Å². The molecule has 0 amide bonds. The summed E-state index contributed by atoms with van der Waals surface area (Å²) < 4.78 is 36.5. The second kappa shape index (κ2) is 12.6. The molecule has 0 spiro atoms. The Bertz CT molecular complexity index is 947. The maximum absolute atomic E-state index is 11.6. The number of methoxy groups -OCH3 is 1. The summed E-state index contributed by atoms with van der Waals surface area (Å²) in [6, 6.07) is 10.9. The molecule has 1 heterocycles. The van der Waals surface area contributed by atoms with E-state index in [1.165, 1.54) is 0 Å². The Morgan fingerprint density at radius 3 is 2.77 bits per heavy atom. The molecule has 172 valence electrons.